The summed E-state index contributed by atoms with van der Waals surface area (Å²) < 4.78 is 11.4. The Balaban J connectivity index is 1.65. The first kappa shape index (κ1) is 20.5. The lowest BCUT2D eigenvalue weighted by Crippen LogP contribution is -1.98. The van der Waals surface area contributed by atoms with E-state index < -0.39 is 0 Å². The third-order valence-corrected chi connectivity index (χ3v) is 5.29. The molecule has 0 N–H and O–H groups in total. The van der Waals surface area contributed by atoms with Crippen LogP contribution in [0.4, 0.5) is 0 Å². The number of hydrogen-bond acceptors (Lipinski definition) is 3. The van der Waals surface area contributed by atoms with Gasteiger partial charge in [-0.1, -0.05) is 54.1 Å². The SMILES string of the molecule is COc1ccc(/C(C#N)=C/c2cc(Cl)ccc2OCc2cccc3ccccc23)cc1. The maximum absolute atomic E-state index is 9.73. The van der Waals surface area contributed by atoms with Crippen molar-refractivity contribution in [2.75, 3.05) is 7.11 Å². The summed E-state index contributed by atoms with van der Waals surface area (Å²) in [6.45, 7) is 0.411. The smallest absolute Gasteiger partial charge is 0.127 e. The number of fused-ring (bicyclic) bond motifs is 1. The van der Waals surface area contributed by atoms with Crippen molar-refractivity contribution in [3.8, 4) is 17.6 Å². The molecule has 31 heavy (non-hydrogen) atoms. The number of nitrogens with zero attached hydrogens (tertiary/aromatic N) is 1. The molecule has 0 aliphatic rings. The molecule has 3 nitrogen and oxygen atoms in total. The molecular weight excluding hydrogens is 406 g/mol. The molecule has 0 aliphatic heterocycles. The van der Waals surface area contributed by atoms with Crippen molar-refractivity contribution in [3.05, 3.63) is 107 Å². The third-order valence-electron chi connectivity index (χ3n) is 5.06. The molecule has 4 aromatic carbocycles. The maximum atomic E-state index is 9.73. The minimum Gasteiger partial charge on any atom is -0.497 e. The van der Waals surface area contributed by atoms with Crippen LogP contribution in [0.5, 0.6) is 11.5 Å². The van der Waals surface area contributed by atoms with Crippen molar-refractivity contribution in [1.29, 1.82) is 5.26 Å². The van der Waals surface area contributed by atoms with Gasteiger partial charge in [0, 0.05) is 10.6 Å². The quantitative estimate of drug-likeness (QED) is 0.243. The first-order chi connectivity index (χ1) is 15.2. The van der Waals surface area contributed by atoms with Crippen molar-refractivity contribution >= 4 is 34.0 Å². The Morgan fingerprint density at radius 2 is 1.74 bits per heavy atom. The molecule has 0 fully saturated rings. The summed E-state index contributed by atoms with van der Waals surface area (Å²) in [5.41, 5.74) is 3.15. The van der Waals surface area contributed by atoms with Gasteiger partial charge in [-0.25, -0.2) is 0 Å². The molecule has 0 heterocycles. The van der Waals surface area contributed by atoms with Crippen LogP contribution >= 0.6 is 11.6 Å². The molecule has 0 aliphatic carbocycles. The molecule has 0 atom stereocenters. The summed E-state index contributed by atoms with van der Waals surface area (Å²) in [4.78, 5) is 0. The predicted molar refractivity (Wildman–Crippen MR) is 126 cm³/mol. The van der Waals surface area contributed by atoms with Crippen molar-refractivity contribution in [1.82, 2.24) is 0 Å². The molecule has 0 bridgehead atoms. The van der Waals surface area contributed by atoms with Crippen LogP contribution < -0.4 is 9.47 Å². The van der Waals surface area contributed by atoms with Crippen LogP contribution in [0.15, 0.2) is 84.9 Å². The predicted octanol–water partition coefficient (Wildman–Crippen LogP) is 7.14. The van der Waals surface area contributed by atoms with Gasteiger partial charge in [-0.15, -0.1) is 0 Å². The standard InChI is InChI=1S/C27H20ClNO2/c1-30-25-12-9-19(10-13-25)23(17-29)15-22-16-24(28)11-14-27(22)31-18-21-7-4-6-20-5-2-3-8-26(20)21/h2-16H,18H2,1H3/b23-15+. The van der Waals surface area contributed by atoms with Crippen LogP contribution in [0.3, 0.4) is 0 Å². The Labute approximate surface area is 186 Å². The fourth-order valence-electron chi connectivity index (χ4n) is 3.44. The molecule has 0 amide bonds. The highest BCUT2D eigenvalue weighted by Crippen LogP contribution is 2.29. The van der Waals surface area contributed by atoms with Crippen LogP contribution in [0.25, 0.3) is 22.4 Å². The highest BCUT2D eigenvalue weighted by molar-refractivity contribution is 6.30. The number of allylic oxidation sites excluding steroid dienone is 1. The minimum absolute atomic E-state index is 0.411. The van der Waals surface area contributed by atoms with Crippen LogP contribution in [0.1, 0.15) is 16.7 Å². The zero-order valence-electron chi connectivity index (χ0n) is 17.0. The number of ether oxygens (including phenoxy) is 2. The lowest BCUT2D eigenvalue weighted by Gasteiger charge is -2.12. The van der Waals surface area contributed by atoms with Crippen LogP contribution in [0.2, 0.25) is 5.02 Å². The summed E-state index contributed by atoms with van der Waals surface area (Å²) in [5.74, 6) is 1.40. The van der Waals surface area contributed by atoms with E-state index in [1.807, 2.05) is 48.5 Å². The molecule has 4 heteroatoms. The van der Waals surface area contributed by atoms with Gasteiger partial charge in [0.15, 0.2) is 0 Å². The van der Waals surface area contributed by atoms with Crippen molar-refractivity contribution in [2.24, 2.45) is 0 Å². The molecule has 0 saturated heterocycles. The van der Waals surface area contributed by atoms with Crippen molar-refractivity contribution in [3.63, 3.8) is 0 Å². The Kier molecular flexibility index (Phi) is 6.21. The minimum atomic E-state index is 0.411. The van der Waals surface area contributed by atoms with E-state index in [9.17, 15) is 5.26 Å². The van der Waals surface area contributed by atoms with E-state index in [1.54, 1.807) is 25.3 Å². The first-order valence-electron chi connectivity index (χ1n) is 9.83. The highest BCUT2D eigenvalue weighted by Gasteiger charge is 2.09. The average molecular weight is 426 g/mol. The number of hydrogen-bond donors (Lipinski definition) is 0. The molecule has 0 radical (unpaired) electrons. The van der Waals surface area contributed by atoms with Gasteiger partial charge in [0.2, 0.25) is 0 Å². The highest BCUT2D eigenvalue weighted by atomic mass is 35.5. The van der Waals surface area contributed by atoms with E-state index in [1.165, 1.54) is 5.39 Å². The van der Waals surface area contributed by atoms with Crippen LogP contribution in [-0.4, -0.2) is 7.11 Å². The van der Waals surface area contributed by atoms with Gasteiger partial charge in [0.05, 0.1) is 18.8 Å². The molecule has 0 unspecified atom stereocenters. The Bertz CT molecular complexity index is 1280. The molecule has 152 valence electrons. The number of nitriles is 1. The summed E-state index contributed by atoms with van der Waals surface area (Å²) in [6.07, 6.45) is 1.80. The van der Waals surface area contributed by atoms with E-state index in [4.69, 9.17) is 21.1 Å². The topological polar surface area (TPSA) is 42.2 Å². The second-order valence-electron chi connectivity index (χ2n) is 7.01. The molecule has 0 aromatic heterocycles. The lowest BCUT2D eigenvalue weighted by atomic mass is 10.0. The molecular formula is C27H20ClNO2. The van der Waals surface area contributed by atoms with E-state index in [2.05, 4.69) is 30.3 Å². The van der Waals surface area contributed by atoms with Gasteiger partial charge in [-0.05, 0) is 70.4 Å². The van der Waals surface area contributed by atoms with Crippen LogP contribution in [0, 0.1) is 11.3 Å². The van der Waals surface area contributed by atoms with Crippen LogP contribution in [-0.2, 0) is 6.61 Å². The Morgan fingerprint density at radius 1 is 0.968 bits per heavy atom. The normalized spacial score (nSPS) is 11.2. The maximum Gasteiger partial charge on any atom is 0.127 e. The van der Waals surface area contributed by atoms with Crippen molar-refractivity contribution in [2.45, 2.75) is 6.61 Å². The van der Waals surface area contributed by atoms with E-state index in [0.29, 0.717) is 23.0 Å². The number of methoxy groups -OCH3 is 1. The Hall–Kier alpha value is -3.74. The fraction of sp³-hybridized carbons (Fsp3) is 0.0741. The number of benzene rings is 4. The summed E-state index contributed by atoms with van der Waals surface area (Å²) in [6, 6.07) is 29.5. The summed E-state index contributed by atoms with van der Waals surface area (Å²) in [5, 5.41) is 12.6. The van der Waals surface area contributed by atoms with Crippen molar-refractivity contribution < 1.29 is 9.47 Å². The molecule has 4 aromatic rings. The Morgan fingerprint density at radius 3 is 2.52 bits per heavy atom. The van der Waals surface area contributed by atoms with Gasteiger partial charge in [-0.2, -0.15) is 5.26 Å². The lowest BCUT2D eigenvalue weighted by molar-refractivity contribution is 0.307. The van der Waals surface area contributed by atoms with E-state index in [-0.39, 0.29) is 0 Å². The zero-order valence-corrected chi connectivity index (χ0v) is 17.8. The number of halogens is 1. The monoisotopic (exact) mass is 425 g/mol. The van der Waals surface area contributed by atoms with Gasteiger partial charge in [0.25, 0.3) is 0 Å². The van der Waals surface area contributed by atoms with Gasteiger partial charge in [-0.3, -0.25) is 0 Å². The number of rotatable bonds is 6. The summed E-state index contributed by atoms with van der Waals surface area (Å²) >= 11 is 6.24. The van der Waals surface area contributed by atoms with E-state index >= 15 is 0 Å². The second-order valence-corrected chi connectivity index (χ2v) is 7.44. The second kappa shape index (κ2) is 9.38. The fourth-order valence-corrected chi connectivity index (χ4v) is 3.62. The van der Waals surface area contributed by atoms with E-state index in [0.717, 1.165) is 27.8 Å². The molecule has 0 spiro atoms. The third kappa shape index (κ3) is 4.71. The summed E-state index contributed by atoms with van der Waals surface area (Å²) in [7, 11) is 1.61. The van der Waals surface area contributed by atoms with Gasteiger partial charge < -0.3 is 9.47 Å². The molecule has 4 rings (SSSR count). The van der Waals surface area contributed by atoms with Gasteiger partial charge in [0.1, 0.15) is 18.1 Å². The first-order valence-corrected chi connectivity index (χ1v) is 10.2. The molecule has 0 saturated carbocycles. The zero-order chi connectivity index (χ0) is 21.6. The average Bonchev–Trinajstić information content (AvgIpc) is 2.82. The largest absolute Gasteiger partial charge is 0.497 e. The van der Waals surface area contributed by atoms with Gasteiger partial charge >= 0.3 is 0 Å².